The van der Waals surface area contributed by atoms with Gasteiger partial charge in [-0.25, -0.2) is 4.98 Å². The molecule has 0 unspecified atom stereocenters. The molecule has 2 heterocycles. The summed E-state index contributed by atoms with van der Waals surface area (Å²) in [4.78, 5) is 22.3. The van der Waals surface area contributed by atoms with Gasteiger partial charge in [-0.2, -0.15) is 0 Å². The van der Waals surface area contributed by atoms with Crippen molar-refractivity contribution in [3.8, 4) is 0 Å². The Morgan fingerprint density at radius 3 is 2.83 bits per heavy atom. The lowest BCUT2D eigenvalue weighted by atomic mass is 9.95. The normalized spacial score (nSPS) is 15.5. The zero-order valence-electron chi connectivity index (χ0n) is 13.8. The summed E-state index contributed by atoms with van der Waals surface area (Å²) in [6.07, 6.45) is 0.739. The number of hydrogen-bond acceptors (Lipinski definition) is 3. The van der Waals surface area contributed by atoms with Crippen LogP contribution in [0.15, 0.2) is 29.1 Å². The molecule has 5 heteroatoms. The second-order valence-corrected chi connectivity index (χ2v) is 7.62. The lowest BCUT2D eigenvalue weighted by Gasteiger charge is -2.29. The Labute approximate surface area is 141 Å². The van der Waals surface area contributed by atoms with Gasteiger partial charge >= 0.3 is 0 Å². The molecule has 23 heavy (non-hydrogen) atoms. The van der Waals surface area contributed by atoms with E-state index in [0.29, 0.717) is 6.54 Å². The van der Waals surface area contributed by atoms with Gasteiger partial charge in [-0.15, -0.1) is 0 Å². The number of nitrogens with zero attached hydrogens (tertiary/aromatic N) is 2. The van der Waals surface area contributed by atoms with Crippen LogP contribution in [-0.4, -0.2) is 21.4 Å². The number of halogens is 1. The van der Waals surface area contributed by atoms with Crippen molar-refractivity contribution in [1.82, 2.24) is 14.9 Å². The van der Waals surface area contributed by atoms with Gasteiger partial charge < -0.3 is 4.98 Å². The maximum absolute atomic E-state index is 12.3. The standard InChI is InChI=1S/C18H22ClN3O/c1-18(2,3)17-20-15-11-22(8-7-14(15)16(23)21-17)10-12-5-4-6-13(19)9-12/h4-6,9H,7-8,10-11H2,1-3H3,(H,20,21,23). The first-order valence-corrected chi connectivity index (χ1v) is 8.30. The average molecular weight is 332 g/mol. The van der Waals surface area contributed by atoms with Crippen molar-refractivity contribution in [3.63, 3.8) is 0 Å². The molecular weight excluding hydrogens is 310 g/mol. The molecule has 0 atom stereocenters. The quantitative estimate of drug-likeness (QED) is 0.918. The molecule has 1 aliphatic rings. The van der Waals surface area contributed by atoms with E-state index in [1.807, 2.05) is 18.2 Å². The van der Waals surface area contributed by atoms with E-state index in [1.54, 1.807) is 0 Å². The van der Waals surface area contributed by atoms with Crippen molar-refractivity contribution in [3.05, 3.63) is 62.3 Å². The monoisotopic (exact) mass is 331 g/mol. The molecule has 122 valence electrons. The van der Waals surface area contributed by atoms with E-state index in [-0.39, 0.29) is 11.0 Å². The highest BCUT2D eigenvalue weighted by Gasteiger charge is 2.24. The lowest BCUT2D eigenvalue weighted by molar-refractivity contribution is 0.239. The van der Waals surface area contributed by atoms with Gasteiger partial charge in [0.05, 0.1) is 5.69 Å². The maximum atomic E-state index is 12.3. The minimum Gasteiger partial charge on any atom is -0.310 e. The van der Waals surface area contributed by atoms with Crippen LogP contribution in [0.2, 0.25) is 5.02 Å². The van der Waals surface area contributed by atoms with E-state index >= 15 is 0 Å². The number of aromatic amines is 1. The Morgan fingerprint density at radius 2 is 2.13 bits per heavy atom. The Bertz CT molecular complexity index is 777. The Morgan fingerprint density at radius 1 is 1.35 bits per heavy atom. The number of benzene rings is 1. The summed E-state index contributed by atoms with van der Waals surface area (Å²) in [6.45, 7) is 8.56. The van der Waals surface area contributed by atoms with E-state index in [1.165, 1.54) is 5.56 Å². The summed E-state index contributed by atoms with van der Waals surface area (Å²) in [5.41, 5.74) is 2.78. The summed E-state index contributed by atoms with van der Waals surface area (Å²) in [7, 11) is 0. The van der Waals surface area contributed by atoms with Crippen molar-refractivity contribution >= 4 is 11.6 Å². The van der Waals surface area contributed by atoms with Crippen LogP contribution in [-0.2, 0) is 24.9 Å². The third kappa shape index (κ3) is 3.65. The van der Waals surface area contributed by atoms with Gasteiger partial charge in [0, 0.05) is 35.6 Å². The molecule has 0 saturated heterocycles. The first-order valence-electron chi connectivity index (χ1n) is 7.92. The van der Waals surface area contributed by atoms with Gasteiger partial charge in [0.2, 0.25) is 0 Å². The Hall–Kier alpha value is -1.65. The molecule has 1 aromatic heterocycles. The Balaban J connectivity index is 1.85. The predicted molar refractivity (Wildman–Crippen MR) is 92.8 cm³/mol. The van der Waals surface area contributed by atoms with Crippen LogP contribution in [0.1, 0.15) is 43.4 Å². The summed E-state index contributed by atoms with van der Waals surface area (Å²) >= 11 is 6.06. The van der Waals surface area contributed by atoms with Crippen molar-refractivity contribution in [2.75, 3.05) is 6.54 Å². The predicted octanol–water partition coefficient (Wildman–Crippen LogP) is 3.28. The summed E-state index contributed by atoms with van der Waals surface area (Å²) < 4.78 is 0. The molecule has 1 aliphatic heterocycles. The minimum atomic E-state index is -0.163. The number of nitrogens with one attached hydrogen (secondary N) is 1. The van der Waals surface area contributed by atoms with Crippen LogP contribution in [0.5, 0.6) is 0 Å². The number of rotatable bonds is 2. The highest BCUT2D eigenvalue weighted by molar-refractivity contribution is 6.30. The van der Waals surface area contributed by atoms with E-state index < -0.39 is 0 Å². The fourth-order valence-corrected chi connectivity index (χ4v) is 3.09. The lowest BCUT2D eigenvalue weighted by Crippen LogP contribution is -2.36. The second kappa shape index (κ2) is 6.10. The fraction of sp³-hybridized carbons (Fsp3) is 0.444. The van der Waals surface area contributed by atoms with E-state index in [4.69, 9.17) is 16.6 Å². The van der Waals surface area contributed by atoms with Gasteiger partial charge in [-0.1, -0.05) is 44.5 Å². The van der Waals surface area contributed by atoms with Gasteiger partial charge in [-0.3, -0.25) is 9.69 Å². The molecule has 0 amide bonds. The molecule has 0 saturated carbocycles. The van der Waals surface area contributed by atoms with Crippen LogP contribution in [0.4, 0.5) is 0 Å². The molecule has 0 aliphatic carbocycles. The van der Waals surface area contributed by atoms with Crippen molar-refractivity contribution in [1.29, 1.82) is 0 Å². The molecule has 3 rings (SSSR count). The first-order chi connectivity index (χ1) is 10.8. The van der Waals surface area contributed by atoms with E-state index in [0.717, 1.165) is 41.6 Å². The fourth-order valence-electron chi connectivity index (χ4n) is 2.88. The molecule has 1 N–H and O–H groups in total. The Kier molecular flexibility index (Phi) is 4.30. The molecule has 4 nitrogen and oxygen atoms in total. The number of fused-ring (bicyclic) bond motifs is 1. The third-order valence-electron chi connectivity index (χ3n) is 4.16. The molecule has 1 aromatic carbocycles. The van der Waals surface area contributed by atoms with Gasteiger partial charge in [0.25, 0.3) is 5.56 Å². The number of aromatic nitrogens is 2. The van der Waals surface area contributed by atoms with Gasteiger partial charge in [-0.05, 0) is 24.1 Å². The van der Waals surface area contributed by atoms with Crippen molar-refractivity contribution in [2.24, 2.45) is 0 Å². The molecule has 2 aromatic rings. The van der Waals surface area contributed by atoms with Crippen LogP contribution in [0.3, 0.4) is 0 Å². The summed E-state index contributed by atoms with van der Waals surface area (Å²) in [5.74, 6) is 0.755. The smallest absolute Gasteiger partial charge is 0.254 e. The first kappa shape index (κ1) is 16.2. The maximum Gasteiger partial charge on any atom is 0.254 e. The van der Waals surface area contributed by atoms with Crippen LogP contribution >= 0.6 is 11.6 Å². The highest BCUT2D eigenvalue weighted by atomic mass is 35.5. The average Bonchev–Trinajstić information content (AvgIpc) is 2.46. The van der Waals surface area contributed by atoms with E-state index in [9.17, 15) is 4.79 Å². The summed E-state index contributed by atoms with van der Waals surface area (Å²) in [6, 6.07) is 7.92. The van der Waals surface area contributed by atoms with Gasteiger partial charge in [0.1, 0.15) is 5.82 Å². The minimum absolute atomic E-state index is 0.0160. The van der Waals surface area contributed by atoms with Crippen LogP contribution < -0.4 is 5.56 Å². The van der Waals surface area contributed by atoms with Crippen LogP contribution in [0.25, 0.3) is 0 Å². The molecule has 0 bridgehead atoms. The molecule has 0 spiro atoms. The zero-order valence-corrected chi connectivity index (χ0v) is 14.6. The van der Waals surface area contributed by atoms with Gasteiger partial charge in [0.15, 0.2) is 0 Å². The number of H-pyrrole nitrogens is 1. The summed E-state index contributed by atoms with van der Waals surface area (Å²) in [5, 5.41) is 0.754. The number of hydrogen-bond donors (Lipinski definition) is 1. The SMILES string of the molecule is CC(C)(C)c1nc2c(c(=O)[nH]1)CCN(Cc1cccc(Cl)c1)C2. The van der Waals surface area contributed by atoms with Crippen molar-refractivity contribution < 1.29 is 0 Å². The third-order valence-corrected chi connectivity index (χ3v) is 4.39. The van der Waals surface area contributed by atoms with E-state index in [2.05, 4.69) is 36.7 Å². The molecular formula is C18H22ClN3O. The largest absolute Gasteiger partial charge is 0.310 e. The van der Waals surface area contributed by atoms with Crippen LogP contribution in [0, 0.1) is 0 Å². The second-order valence-electron chi connectivity index (χ2n) is 7.18. The molecule has 0 fully saturated rings. The van der Waals surface area contributed by atoms with Crippen molar-refractivity contribution in [2.45, 2.75) is 45.7 Å². The molecule has 0 radical (unpaired) electrons. The zero-order chi connectivity index (χ0) is 16.6. The topological polar surface area (TPSA) is 49.0 Å². The highest BCUT2D eigenvalue weighted by Crippen LogP contribution is 2.22.